The van der Waals surface area contributed by atoms with Crippen molar-refractivity contribution in [1.82, 2.24) is 19.1 Å². The molecule has 1 saturated carbocycles. The number of aromatic nitrogens is 4. The van der Waals surface area contributed by atoms with Gasteiger partial charge >= 0.3 is 0 Å². The lowest BCUT2D eigenvalue weighted by Gasteiger charge is -2.31. The molecule has 1 aliphatic carbocycles. The topological polar surface area (TPSA) is 63.9 Å². The smallest absolute Gasteiger partial charge is 0.266 e. The van der Waals surface area contributed by atoms with Crippen LogP contribution in [0.15, 0.2) is 16.9 Å². The quantitative estimate of drug-likeness (QED) is 0.802. The first kappa shape index (κ1) is 18.6. The van der Waals surface area contributed by atoms with Crippen molar-refractivity contribution in [3.63, 3.8) is 0 Å². The highest BCUT2D eigenvalue weighted by Gasteiger charge is 2.27. The maximum Gasteiger partial charge on any atom is 0.266 e. The second-order valence-corrected chi connectivity index (χ2v) is 9.71. The van der Waals surface area contributed by atoms with Crippen molar-refractivity contribution in [2.45, 2.75) is 70.8 Å². The lowest BCUT2D eigenvalue weighted by molar-refractivity contribution is 0.330. The van der Waals surface area contributed by atoms with Gasteiger partial charge in [0.05, 0.1) is 5.69 Å². The van der Waals surface area contributed by atoms with Crippen LogP contribution in [0.4, 0.5) is 5.13 Å². The molecule has 2 aromatic heterocycles. The van der Waals surface area contributed by atoms with E-state index < -0.39 is 0 Å². The molecule has 7 heteroatoms. The second kappa shape index (κ2) is 7.34. The maximum absolute atomic E-state index is 12.2. The molecule has 0 radical (unpaired) electrons. The molecule has 27 heavy (non-hydrogen) atoms. The van der Waals surface area contributed by atoms with E-state index in [1.807, 2.05) is 6.07 Å². The molecule has 6 nitrogen and oxygen atoms in total. The SMILES string of the molecule is CC(C)(C)c1ccc(=O)n(CC2CCN(c3nc(C4CCC4)ns3)CC2)n1. The van der Waals surface area contributed by atoms with Gasteiger partial charge in [-0.15, -0.1) is 0 Å². The molecule has 2 aliphatic rings. The summed E-state index contributed by atoms with van der Waals surface area (Å²) >= 11 is 1.54. The Morgan fingerprint density at radius 3 is 2.52 bits per heavy atom. The second-order valence-electron chi connectivity index (χ2n) is 8.98. The molecule has 0 atom stereocenters. The van der Waals surface area contributed by atoms with Crippen molar-refractivity contribution < 1.29 is 0 Å². The fourth-order valence-electron chi connectivity index (χ4n) is 3.72. The van der Waals surface area contributed by atoms with E-state index in [0.29, 0.717) is 18.4 Å². The van der Waals surface area contributed by atoms with Crippen LogP contribution in [0.1, 0.15) is 70.3 Å². The molecule has 0 bridgehead atoms. The molecule has 0 spiro atoms. The normalized spacial score (nSPS) is 19.3. The molecule has 4 rings (SSSR count). The van der Waals surface area contributed by atoms with Crippen molar-refractivity contribution in [3.05, 3.63) is 34.0 Å². The summed E-state index contributed by atoms with van der Waals surface area (Å²) in [6.07, 6.45) is 5.92. The van der Waals surface area contributed by atoms with Crippen LogP contribution in [-0.4, -0.2) is 32.2 Å². The van der Waals surface area contributed by atoms with Crippen LogP contribution in [0.2, 0.25) is 0 Å². The third kappa shape index (κ3) is 4.08. The minimum atomic E-state index is -0.0468. The van der Waals surface area contributed by atoms with E-state index in [-0.39, 0.29) is 11.0 Å². The third-order valence-electron chi connectivity index (χ3n) is 5.85. The Morgan fingerprint density at radius 2 is 1.89 bits per heavy atom. The van der Waals surface area contributed by atoms with Gasteiger partial charge in [-0.2, -0.15) is 9.47 Å². The van der Waals surface area contributed by atoms with Gasteiger partial charge in [-0.05, 0) is 37.7 Å². The van der Waals surface area contributed by atoms with Gasteiger partial charge in [-0.3, -0.25) is 4.79 Å². The van der Waals surface area contributed by atoms with Crippen molar-refractivity contribution in [2.75, 3.05) is 18.0 Å². The molecule has 3 heterocycles. The summed E-state index contributed by atoms with van der Waals surface area (Å²) in [6.45, 7) is 9.06. The van der Waals surface area contributed by atoms with Gasteiger partial charge in [0.2, 0.25) is 5.13 Å². The van der Waals surface area contributed by atoms with Crippen LogP contribution in [0, 0.1) is 5.92 Å². The Morgan fingerprint density at radius 1 is 1.15 bits per heavy atom. The number of piperidine rings is 1. The zero-order valence-electron chi connectivity index (χ0n) is 16.5. The lowest BCUT2D eigenvalue weighted by Crippen LogP contribution is -2.37. The average molecular weight is 388 g/mol. The van der Waals surface area contributed by atoms with Crippen LogP contribution in [0.5, 0.6) is 0 Å². The molecule has 2 aromatic rings. The molecule has 0 amide bonds. The van der Waals surface area contributed by atoms with Crippen LogP contribution in [0.3, 0.4) is 0 Å². The zero-order valence-corrected chi connectivity index (χ0v) is 17.3. The third-order valence-corrected chi connectivity index (χ3v) is 6.64. The van der Waals surface area contributed by atoms with Gasteiger partial charge in [0.15, 0.2) is 0 Å². The van der Waals surface area contributed by atoms with Crippen LogP contribution < -0.4 is 10.5 Å². The standard InChI is InChI=1S/C20H29N5OS/c1-20(2,3)16-7-8-17(26)25(22-16)13-14-9-11-24(12-10-14)19-21-18(23-27-19)15-5-4-6-15/h7-8,14-15H,4-6,9-13H2,1-3H3. The van der Waals surface area contributed by atoms with Crippen molar-refractivity contribution >= 4 is 16.7 Å². The fourth-order valence-corrected chi connectivity index (χ4v) is 4.52. The summed E-state index contributed by atoms with van der Waals surface area (Å²) in [5.41, 5.74) is 0.922. The van der Waals surface area contributed by atoms with E-state index >= 15 is 0 Å². The molecular weight excluding hydrogens is 358 g/mol. The van der Waals surface area contributed by atoms with Gasteiger partial charge in [0.1, 0.15) is 5.82 Å². The molecular formula is C20H29N5OS. The summed E-state index contributed by atoms with van der Waals surface area (Å²) in [6, 6.07) is 3.52. The largest absolute Gasteiger partial charge is 0.347 e. The number of rotatable bonds is 4. The van der Waals surface area contributed by atoms with E-state index in [9.17, 15) is 4.79 Å². The summed E-state index contributed by atoms with van der Waals surface area (Å²) in [4.78, 5) is 19.4. The zero-order chi connectivity index (χ0) is 19.0. The van der Waals surface area contributed by atoms with Gasteiger partial charge in [-0.1, -0.05) is 27.2 Å². The minimum absolute atomic E-state index is 0.000284. The fraction of sp³-hybridized carbons (Fsp3) is 0.700. The number of hydrogen-bond donors (Lipinski definition) is 0. The number of hydrogen-bond acceptors (Lipinski definition) is 6. The summed E-state index contributed by atoms with van der Waals surface area (Å²) in [5, 5.41) is 5.69. The Bertz CT molecular complexity index is 841. The summed E-state index contributed by atoms with van der Waals surface area (Å²) in [7, 11) is 0. The molecule has 0 aromatic carbocycles. The Hall–Kier alpha value is -1.76. The molecule has 0 unspecified atom stereocenters. The predicted molar refractivity (Wildman–Crippen MR) is 109 cm³/mol. The van der Waals surface area contributed by atoms with Crippen molar-refractivity contribution in [1.29, 1.82) is 0 Å². The van der Waals surface area contributed by atoms with E-state index in [1.165, 1.54) is 19.3 Å². The van der Waals surface area contributed by atoms with Crippen molar-refractivity contribution in [2.24, 2.45) is 5.92 Å². The Kier molecular flexibility index (Phi) is 5.05. The van der Waals surface area contributed by atoms with E-state index in [2.05, 4.69) is 35.1 Å². The molecule has 0 N–H and O–H groups in total. The maximum atomic E-state index is 12.2. The van der Waals surface area contributed by atoms with Gasteiger partial charge in [0.25, 0.3) is 5.56 Å². The minimum Gasteiger partial charge on any atom is -0.347 e. The van der Waals surface area contributed by atoms with Gasteiger partial charge in [-0.25, -0.2) is 9.67 Å². The van der Waals surface area contributed by atoms with Gasteiger partial charge in [0, 0.05) is 48.6 Å². The molecule has 146 valence electrons. The first-order valence-corrected chi connectivity index (χ1v) is 10.8. The highest BCUT2D eigenvalue weighted by molar-refractivity contribution is 7.09. The van der Waals surface area contributed by atoms with Crippen molar-refractivity contribution in [3.8, 4) is 0 Å². The molecule has 1 saturated heterocycles. The average Bonchev–Trinajstić information content (AvgIpc) is 3.04. The lowest BCUT2D eigenvalue weighted by atomic mass is 9.85. The van der Waals surface area contributed by atoms with Crippen LogP contribution >= 0.6 is 11.5 Å². The summed E-state index contributed by atoms with van der Waals surface area (Å²) < 4.78 is 6.25. The van der Waals surface area contributed by atoms with E-state index in [4.69, 9.17) is 4.98 Å². The number of nitrogens with zero attached hydrogens (tertiary/aromatic N) is 5. The number of anilines is 1. The van der Waals surface area contributed by atoms with E-state index in [0.717, 1.165) is 42.6 Å². The van der Waals surface area contributed by atoms with Crippen LogP contribution in [-0.2, 0) is 12.0 Å². The first-order valence-electron chi connectivity index (χ1n) is 10.1. The highest BCUT2D eigenvalue weighted by atomic mass is 32.1. The van der Waals surface area contributed by atoms with E-state index in [1.54, 1.807) is 22.3 Å². The predicted octanol–water partition coefficient (Wildman–Crippen LogP) is 3.58. The Balaban J connectivity index is 1.37. The molecule has 1 aliphatic heterocycles. The Labute approximate surface area is 164 Å². The van der Waals surface area contributed by atoms with Crippen LogP contribution in [0.25, 0.3) is 0 Å². The monoisotopic (exact) mass is 387 g/mol. The highest BCUT2D eigenvalue weighted by Crippen LogP contribution is 2.36. The first-order chi connectivity index (χ1) is 12.9. The molecule has 2 fully saturated rings. The summed E-state index contributed by atoms with van der Waals surface area (Å²) in [5.74, 6) is 2.14. The van der Waals surface area contributed by atoms with Gasteiger partial charge < -0.3 is 4.90 Å².